The molecule has 0 spiro atoms. The Bertz CT molecular complexity index is 255. The Morgan fingerprint density at radius 2 is 1.78 bits per heavy atom. The molecule has 1 rings (SSSR count). The highest BCUT2D eigenvalue weighted by atomic mass is 15.0. The van der Waals surface area contributed by atoms with Gasteiger partial charge in [-0.3, -0.25) is 4.99 Å². The first-order chi connectivity index (χ1) is 8.39. The van der Waals surface area contributed by atoms with Crippen LogP contribution in [0.2, 0.25) is 0 Å². The second kappa shape index (κ2) is 6.98. The first-order valence-corrected chi connectivity index (χ1v) is 7.18. The van der Waals surface area contributed by atoms with E-state index in [0.717, 1.165) is 25.4 Å². The van der Waals surface area contributed by atoms with Crippen LogP contribution in [0, 0.1) is 11.3 Å². The van der Waals surface area contributed by atoms with Crippen molar-refractivity contribution in [3.05, 3.63) is 0 Å². The summed E-state index contributed by atoms with van der Waals surface area (Å²) in [5.41, 5.74) is 11.0. The van der Waals surface area contributed by atoms with Crippen molar-refractivity contribution in [2.45, 2.75) is 58.9 Å². The number of aliphatic imine (C=N–C) groups is 1. The van der Waals surface area contributed by atoms with Crippen LogP contribution in [0.4, 0.5) is 0 Å². The standard InChI is InChI=1S/C14H30N4/c1-14(2,3)11-5-7-12(8-6-11)17-9-4-10-18-13(15)16/h11-12,17H,4-10H2,1-3H3,(H4,15,16,18). The normalized spacial score (nSPS) is 24.8. The predicted octanol–water partition coefficient (Wildman–Crippen LogP) is 1.84. The van der Waals surface area contributed by atoms with Crippen molar-refractivity contribution < 1.29 is 0 Å². The molecule has 0 aromatic rings. The lowest BCUT2D eigenvalue weighted by molar-refractivity contribution is 0.160. The van der Waals surface area contributed by atoms with Gasteiger partial charge in [-0.1, -0.05) is 20.8 Å². The highest BCUT2D eigenvalue weighted by Gasteiger charge is 2.29. The van der Waals surface area contributed by atoms with Crippen LogP contribution in [0.5, 0.6) is 0 Å². The quantitative estimate of drug-likeness (QED) is 0.398. The molecule has 5 N–H and O–H groups in total. The third-order valence-corrected chi connectivity index (χ3v) is 4.01. The third kappa shape index (κ3) is 5.71. The Balaban J connectivity index is 2.11. The molecule has 1 aliphatic rings. The summed E-state index contributed by atoms with van der Waals surface area (Å²) in [4.78, 5) is 3.98. The number of nitrogens with two attached hydrogens (primary N) is 2. The third-order valence-electron chi connectivity index (χ3n) is 4.01. The van der Waals surface area contributed by atoms with Gasteiger partial charge in [0, 0.05) is 12.6 Å². The number of nitrogens with zero attached hydrogens (tertiary/aromatic N) is 1. The van der Waals surface area contributed by atoms with Crippen LogP contribution >= 0.6 is 0 Å². The molecule has 18 heavy (non-hydrogen) atoms. The summed E-state index contributed by atoms with van der Waals surface area (Å²) < 4.78 is 0. The average molecular weight is 254 g/mol. The van der Waals surface area contributed by atoms with Gasteiger partial charge in [0.15, 0.2) is 5.96 Å². The van der Waals surface area contributed by atoms with Crippen LogP contribution in [0.1, 0.15) is 52.9 Å². The minimum atomic E-state index is 0.195. The molecule has 0 heterocycles. The van der Waals surface area contributed by atoms with E-state index in [0.29, 0.717) is 11.5 Å². The van der Waals surface area contributed by atoms with Gasteiger partial charge in [-0.2, -0.15) is 0 Å². The van der Waals surface area contributed by atoms with Crippen molar-refractivity contribution in [1.29, 1.82) is 0 Å². The zero-order chi connectivity index (χ0) is 13.6. The monoisotopic (exact) mass is 254 g/mol. The van der Waals surface area contributed by atoms with Gasteiger partial charge in [-0.15, -0.1) is 0 Å². The number of guanidine groups is 1. The van der Waals surface area contributed by atoms with E-state index in [1.807, 2.05) is 0 Å². The van der Waals surface area contributed by atoms with E-state index < -0.39 is 0 Å². The molecule has 0 unspecified atom stereocenters. The Kier molecular flexibility index (Phi) is 5.93. The van der Waals surface area contributed by atoms with E-state index >= 15 is 0 Å². The first kappa shape index (κ1) is 15.3. The number of hydrogen-bond acceptors (Lipinski definition) is 2. The topological polar surface area (TPSA) is 76.4 Å². The van der Waals surface area contributed by atoms with Gasteiger partial charge in [0.1, 0.15) is 0 Å². The van der Waals surface area contributed by atoms with Crippen LogP contribution in [0.3, 0.4) is 0 Å². The maximum atomic E-state index is 5.28. The van der Waals surface area contributed by atoms with Crippen molar-refractivity contribution in [2.24, 2.45) is 27.8 Å². The van der Waals surface area contributed by atoms with Gasteiger partial charge in [0.05, 0.1) is 0 Å². The van der Waals surface area contributed by atoms with Gasteiger partial charge in [0.25, 0.3) is 0 Å². The minimum Gasteiger partial charge on any atom is -0.370 e. The van der Waals surface area contributed by atoms with Gasteiger partial charge in [0.2, 0.25) is 0 Å². The fourth-order valence-electron chi connectivity index (χ4n) is 2.76. The molecule has 4 nitrogen and oxygen atoms in total. The van der Waals surface area contributed by atoms with E-state index in [1.54, 1.807) is 0 Å². The average Bonchev–Trinajstić information content (AvgIpc) is 2.27. The predicted molar refractivity (Wildman–Crippen MR) is 78.5 cm³/mol. The Morgan fingerprint density at radius 1 is 1.17 bits per heavy atom. The Morgan fingerprint density at radius 3 is 2.28 bits per heavy atom. The molecule has 106 valence electrons. The lowest BCUT2D eigenvalue weighted by atomic mass is 9.71. The summed E-state index contributed by atoms with van der Waals surface area (Å²) in [6, 6.07) is 0.697. The largest absolute Gasteiger partial charge is 0.370 e. The molecule has 4 heteroatoms. The second-order valence-corrected chi connectivity index (χ2v) is 6.53. The van der Waals surface area contributed by atoms with Crippen LogP contribution in [0.15, 0.2) is 4.99 Å². The van der Waals surface area contributed by atoms with Gasteiger partial charge >= 0.3 is 0 Å². The van der Waals surface area contributed by atoms with Crippen LogP contribution < -0.4 is 16.8 Å². The van der Waals surface area contributed by atoms with Crippen molar-refractivity contribution in [1.82, 2.24) is 5.32 Å². The van der Waals surface area contributed by atoms with E-state index in [9.17, 15) is 0 Å². The van der Waals surface area contributed by atoms with Crippen molar-refractivity contribution in [2.75, 3.05) is 13.1 Å². The van der Waals surface area contributed by atoms with Crippen LogP contribution in [-0.2, 0) is 0 Å². The molecule has 1 aliphatic carbocycles. The number of nitrogens with one attached hydrogen (secondary N) is 1. The molecule has 0 amide bonds. The fraction of sp³-hybridized carbons (Fsp3) is 0.929. The summed E-state index contributed by atoms with van der Waals surface area (Å²) >= 11 is 0. The summed E-state index contributed by atoms with van der Waals surface area (Å²) in [6.45, 7) is 8.83. The molecular weight excluding hydrogens is 224 g/mol. The van der Waals surface area contributed by atoms with Crippen LogP contribution in [-0.4, -0.2) is 25.1 Å². The van der Waals surface area contributed by atoms with Gasteiger partial charge < -0.3 is 16.8 Å². The zero-order valence-electron chi connectivity index (χ0n) is 12.2. The van der Waals surface area contributed by atoms with Crippen LogP contribution in [0.25, 0.3) is 0 Å². The molecule has 0 aliphatic heterocycles. The minimum absolute atomic E-state index is 0.195. The Hall–Kier alpha value is -0.770. The zero-order valence-corrected chi connectivity index (χ0v) is 12.2. The summed E-state index contributed by atoms with van der Waals surface area (Å²) in [5, 5.41) is 3.62. The first-order valence-electron chi connectivity index (χ1n) is 7.18. The van der Waals surface area contributed by atoms with Crippen molar-refractivity contribution in [3.8, 4) is 0 Å². The van der Waals surface area contributed by atoms with E-state index in [2.05, 4.69) is 31.1 Å². The van der Waals surface area contributed by atoms with E-state index in [4.69, 9.17) is 11.5 Å². The van der Waals surface area contributed by atoms with Crippen molar-refractivity contribution >= 4 is 5.96 Å². The smallest absolute Gasteiger partial charge is 0.185 e. The molecule has 0 aromatic heterocycles. The maximum absolute atomic E-state index is 5.28. The molecule has 0 bridgehead atoms. The summed E-state index contributed by atoms with van der Waals surface area (Å²) in [7, 11) is 0. The van der Waals surface area contributed by atoms with E-state index in [1.165, 1.54) is 25.7 Å². The highest BCUT2D eigenvalue weighted by Crippen LogP contribution is 2.37. The lowest BCUT2D eigenvalue weighted by Gasteiger charge is -2.37. The van der Waals surface area contributed by atoms with Crippen molar-refractivity contribution in [3.63, 3.8) is 0 Å². The number of hydrogen-bond donors (Lipinski definition) is 3. The molecule has 1 saturated carbocycles. The second-order valence-electron chi connectivity index (χ2n) is 6.53. The summed E-state index contributed by atoms with van der Waals surface area (Å²) in [5.74, 6) is 1.08. The summed E-state index contributed by atoms with van der Waals surface area (Å²) in [6.07, 6.45) is 6.34. The molecular formula is C14H30N4. The highest BCUT2D eigenvalue weighted by molar-refractivity contribution is 5.75. The molecule has 0 saturated heterocycles. The van der Waals surface area contributed by atoms with Gasteiger partial charge in [-0.25, -0.2) is 0 Å². The SMILES string of the molecule is CC(C)(C)C1CCC(NCCCN=C(N)N)CC1. The van der Waals surface area contributed by atoms with E-state index in [-0.39, 0.29) is 5.96 Å². The Labute approximate surface area is 112 Å². The molecule has 0 atom stereocenters. The lowest BCUT2D eigenvalue weighted by Crippen LogP contribution is -2.36. The molecule has 0 radical (unpaired) electrons. The molecule has 0 aromatic carbocycles. The molecule has 1 fully saturated rings. The van der Waals surface area contributed by atoms with Gasteiger partial charge in [-0.05, 0) is 50.0 Å². The fourth-order valence-corrected chi connectivity index (χ4v) is 2.76. The maximum Gasteiger partial charge on any atom is 0.185 e. The number of rotatable bonds is 5.